The Kier molecular flexibility index (Phi) is 7.07. The van der Waals surface area contributed by atoms with Crippen LogP contribution in [0, 0.1) is 5.92 Å². The van der Waals surface area contributed by atoms with Crippen molar-refractivity contribution in [1.82, 2.24) is 4.98 Å². The summed E-state index contributed by atoms with van der Waals surface area (Å²) < 4.78 is 0. The van der Waals surface area contributed by atoms with Crippen molar-refractivity contribution in [2.24, 2.45) is 5.92 Å². The van der Waals surface area contributed by atoms with Crippen molar-refractivity contribution in [3.8, 4) is 0 Å². The quantitative estimate of drug-likeness (QED) is 0.725. The van der Waals surface area contributed by atoms with Crippen LogP contribution in [0.3, 0.4) is 0 Å². The van der Waals surface area contributed by atoms with Gasteiger partial charge in [-0.1, -0.05) is 37.6 Å². The van der Waals surface area contributed by atoms with Crippen LogP contribution in [-0.2, 0) is 11.2 Å². The maximum absolute atomic E-state index is 12.0. The molecule has 0 fully saturated rings. The summed E-state index contributed by atoms with van der Waals surface area (Å²) in [4.78, 5) is 16.4. The molecule has 2 rings (SSSR count). The van der Waals surface area contributed by atoms with E-state index >= 15 is 0 Å². The number of nitrogens with zero attached hydrogens (tertiary/aromatic N) is 1. The highest BCUT2D eigenvalue weighted by molar-refractivity contribution is 6.30. The SMILES string of the molecule is CCC(CC)C(=O)Nc1ccc(NCCc2ccc(Cl)cc2)nc1. The second-order valence-corrected chi connectivity index (χ2v) is 6.17. The lowest BCUT2D eigenvalue weighted by molar-refractivity contribution is -0.120. The van der Waals surface area contributed by atoms with Gasteiger partial charge in [0.2, 0.25) is 5.91 Å². The fourth-order valence-electron chi connectivity index (χ4n) is 2.46. The van der Waals surface area contributed by atoms with Crippen LogP contribution in [0.2, 0.25) is 5.02 Å². The number of nitrogens with one attached hydrogen (secondary N) is 2. The minimum Gasteiger partial charge on any atom is -0.370 e. The minimum atomic E-state index is 0.0576. The summed E-state index contributed by atoms with van der Waals surface area (Å²) >= 11 is 5.87. The second kappa shape index (κ2) is 9.28. The lowest BCUT2D eigenvalue weighted by Crippen LogP contribution is -2.21. The average Bonchev–Trinajstić information content (AvgIpc) is 2.59. The van der Waals surface area contributed by atoms with Gasteiger partial charge in [-0.25, -0.2) is 4.98 Å². The Morgan fingerprint density at radius 1 is 1.12 bits per heavy atom. The number of rotatable bonds is 8. The minimum absolute atomic E-state index is 0.0576. The molecule has 1 aromatic heterocycles. The van der Waals surface area contributed by atoms with Crippen LogP contribution < -0.4 is 10.6 Å². The van der Waals surface area contributed by atoms with Crippen molar-refractivity contribution in [1.29, 1.82) is 0 Å². The Morgan fingerprint density at radius 3 is 2.42 bits per heavy atom. The van der Waals surface area contributed by atoms with Crippen molar-refractivity contribution in [3.05, 3.63) is 53.2 Å². The third-order valence-electron chi connectivity index (χ3n) is 4.02. The first-order valence-corrected chi connectivity index (χ1v) is 8.75. The number of amides is 1. The summed E-state index contributed by atoms with van der Waals surface area (Å²) in [7, 11) is 0. The van der Waals surface area contributed by atoms with Crippen LogP contribution in [0.4, 0.5) is 11.5 Å². The summed E-state index contributed by atoms with van der Waals surface area (Å²) in [5.41, 5.74) is 1.95. The molecule has 0 saturated heterocycles. The first kappa shape index (κ1) is 18.3. The van der Waals surface area contributed by atoms with Crippen LogP contribution in [-0.4, -0.2) is 17.4 Å². The molecule has 0 unspecified atom stereocenters. The standard InChI is InChI=1S/C19H24ClN3O/c1-3-15(4-2)19(24)23-17-9-10-18(22-13-17)21-12-11-14-5-7-16(20)8-6-14/h5-10,13,15H,3-4,11-12H2,1-2H3,(H,21,22)(H,23,24). The van der Waals surface area contributed by atoms with E-state index in [1.807, 2.05) is 50.2 Å². The maximum atomic E-state index is 12.0. The zero-order chi connectivity index (χ0) is 17.4. The van der Waals surface area contributed by atoms with Gasteiger partial charge in [-0.15, -0.1) is 0 Å². The summed E-state index contributed by atoms with van der Waals surface area (Å²) in [5.74, 6) is 0.914. The van der Waals surface area contributed by atoms with Crippen LogP contribution in [0.15, 0.2) is 42.6 Å². The molecule has 0 atom stereocenters. The molecular formula is C19H24ClN3O. The summed E-state index contributed by atoms with van der Waals surface area (Å²) in [6.07, 6.45) is 4.27. The van der Waals surface area contributed by atoms with E-state index < -0.39 is 0 Å². The van der Waals surface area contributed by atoms with Crippen LogP contribution in [0.5, 0.6) is 0 Å². The smallest absolute Gasteiger partial charge is 0.227 e. The molecule has 24 heavy (non-hydrogen) atoms. The predicted octanol–water partition coefficient (Wildman–Crippen LogP) is 4.76. The van der Waals surface area contributed by atoms with E-state index in [9.17, 15) is 4.79 Å². The third-order valence-corrected chi connectivity index (χ3v) is 4.27. The highest BCUT2D eigenvalue weighted by Gasteiger charge is 2.13. The molecule has 1 amide bonds. The molecule has 1 heterocycles. The first-order chi connectivity index (χ1) is 11.6. The molecule has 2 aromatic rings. The summed E-state index contributed by atoms with van der Waals surface area (Å²) in [6.45, 7) is 4.84. The Hall–Kier alpha value is -2.07. The van der Waals surface area contributed by atoms with Crippen molar-refractivity contribution in [3.63, 3.8) is 0 Å². The van der Waals surface area contributed by atoms with E-state index in [-0.39, 0.29) is 11.8 Å². The van der Waals surface area contributed by atoms with Gasteiger partial charge < -0.3 is 10.6 Å². The Labute approximate surface area is 148 Å². The van der Waals surface area contributed by atoms with E-state index in [0.717, 1.165) is 42.3 Å². The molecule has 128 valence electrons. The molecule has 4 nitrogen and oxygen atoms in total. The van der Waals surface area contributed by atoms with Crippen LogP contribution in [0.1, 0.15) is 32.3 Å². The fourth-order valence-corrected chi connectivity index (χ4v) is 2.59. The number of carbonyl (C=O) groups excluding carboxylic acids is 1. The van der Waals surface area contributed by atoms with E-state index in [1.165, 1.54) is 5.56 Å². The van der Waals surface area contributed by atoms with Gasteiger partial charge in [0.05, 0.1) is 11.9 Å². The highest BCUT2D eigenvalue weighted by atomic mass is 35.5. The Bertz CT molecular complexity index is 637. The number of carbonyl (C=O) groups is 1. The molecule has 5 heteroatoms. The van der Waals surface area contributed by atoms with Crippen LogP contribution >= 0.6 is 11.6 Å². The Balaban J connectivity index is 1.81. The molecule has 1 aromatic carbocycles. The van der Waals surface area contributed by atoms with Gasteiger partial charge in [0.15, 0.2) is 0 Å². The van der Waals surface area contributed by atoms with Gasteiger partial charge in [0.25, 0.3) is 0 Å². The lowest BCUT2D eigenvalue weighted by atomic mass is 10.0. The zero-order valence-corrected chi connectivity index (χ0v) is 14.9. The number of anilines is 2. The molecular weight excluding hydrogens is 322 g/mol. The van der Waals surface area contributed by atoms with E-state index in [0.29, 0.717) is 0 Å². The number of hydrogen-bond acceptors (Lipinski definition) is 3. The zero-order valence-electron chi connectivity index (χ0n) is 14.2. The van der Waals surface area contributed by atoms with E-state index in [1.54, 1.807) is 6.20 Å². The van der Waals surface area contributed by atoms with Crippen molar-refractivity contribution >= 4 is 29.0 Å². The maximum Gasteiger partial charge on any atom is 0.227 e. The van der Waals surface area contributed by atoms with E-state index in [2.05, 4.69) is 15.6 Å². The summed E-state index contributed by atoms with van der Waals surface area (Å²) in [6, 6.07) is 11.6. The van der Waals surface area contributed by atoms with Gasteiger partial charge in [0.1, 0.15) is 5.82 Å². The second-order valence-electron chi connectivity index (χ2n) is 5.74. The number of aromatic nitrogens is 1. The molecule has 0 bridgehead atoms. The average molecular weight is 346 g/mol. The van der Waals surface area contributed by atoms with Crippen LogP contribution in [0.25, 0.3) is 0 Å². The molecule has 0 spiro atoms. The number of benzene rings is 1. The largest absolute Gasteiger partial charge is 0.370 e. The van der Waals surface area contributed by atoms with Gasteiger partial charge >= 0.3 is 0 Å². The molecule has 0 aliphatic carbocycles. The van der Waals surface area contributed by atoms with Gasteiger partial charge in [-0.3, -0.25) is 4.79 Å². The number of hydrogen-bond donors (Lipinski definition) is 2. The van der Waals surface area contributed by atoms with Crippen molar-refractivity contribution in [2.45, 2.75) is 33.1 Å². The Morgan fingerprint density at radius 2 is 1.83 bits per heavy atom. The molecule has 0 radical (unpaired) electrons. The number of halogens is 1. The van der Waals surface area contributed by atoms with Gasteiger partial charge in [0, 0.05) is 17.5 Å². The normalized spacial score (nSPS) is 10.7. The fraction of sp³-hybridized carbons (Fsp3) is 0.368. The summed E-state index contributed by atoms with van der Waals surface area (Å²) in [5, 5.41) is 6.94. The van der Waals surface area contributed by atoms with E-state index in [4.69, 9.17) is 11.6 Å². The third kappa shape index (κ3) is 5.53. The predicted molar refractivity (Wildman–Crippen MR) is 101 cm³/mol. The molecule has 0 aliphatic rings. The lowest BCUT2D eigenvalue weighted by Gasteiger charge is -2.13. The van der Waals surface area contributed by atoms with Crippen molar-refractivity contribution in [2.75, 3.05) is 17.2 Å². The monoisotopic (exact) mass is 345 g/mol. The number of pyridine rings is 1. The topological polar surface area (TPSA) is 54.0 Å². The van der Waals surface area contributed by atoms with Crippen molar-refractivity contribution < 1.29 is 4.79 Å². The van der Waals surface area contributed by atoms with Gasteiger partial charge in [-0.05, 0) is 49.1 Å². The first-order valence-electron chi connectivity index (χ1n) is 8.37. The molecule has 0 aliphatic heterocycles. The molecule has 2 N–H and O–H groups in total. The van der Waals surface area contributed by atoms with Gasteiger partial charge in [-0.2, -0.15) is 0 Å². The highest BCUT2D eigenvalue weighted by Crippen LogP contribution is 2.14. The molecule has 0 saturated carbocycles.